The highest BCUT2D eigenvalue weighted by atomic mass is 16.5. The Balaban J connectivity index is 1.96. The molecule has 140 valence electrons. The fourth-order valence-corrected chi connectivity index (χ4v) is 2.79. The first-order valence-corrected chi connectivity index (χ1v) is 8.61. The molecule has 0 radical (unpaired) electrons. The number of nitrogens with one attached hydrogen (secondary N) is 1. The van der Waals surface area contributed by atoms with Gasteiger partial charge < -0.3 is 19.7 Å². The molecule has 6 nitrogen and oxygen atoms in total. The Hall–Kier alpha value is -2.76. The largest absolute Gasteiger partial charge is 0.497 e. The second kappa shape index (κ2) is 9.65. The molecule has 1 N–H and O–H groups in total. The van der Waals surface area contributed by atoms with Gasteiger partial charge in [0.25, 0.3) is 0 Å². The zero-order valence-electron chi connectivity index (χ0n) is 16.2. The van der Waals surface area contributed by atoms with Crippen molar-refractivity contribution in [3.8, 4) is 11.5 Å². The minimum Gasteiger partial charge on any atom is -0.497 e. The van der Waals surface area contributed by atoms with Crippen LogP contribution in [-0.2, 0) is 13.0 Å². The van der Waals surface area contributed by atoms with Crippen LogP contribution in [0.25, 0.3) is 0 Å². The van der Waals surface area contributed by atoms with Gasteiger partial charge in [0.1, 0.15) is 11.5 Å². The number of pyridine rings is 1. The smallest absolute Gasteiger partial charge is 0.193 e. The minimum atomic E-state index is 0.682. The van der Waals surface area contributed by atoms with E-state index < -0.39 is 0 Å². The molecule has 6 heteroatoms. The Morgan fingerprint density at radius 3 is 2.65 bits per heavy atom. The second-order valence-electron chi connectivity index (χ2n) is 6.06. The monoisotopic (exact) mass is 356 g/mol. The van der Waals surface area contributed by atoms with Crippen LogP contribution in [0, 0.1) is 6.92 Å². The fraction of sp³-hybridized carbons (Fsp3) is 0.400. The van der Waals surface area contributed by atoms with Gasteiger partial charge in [-0.1, -0.05) is 0 Å². The van der Waals surface area contributed by atoms with Crippen LogP contribution in [0.5, 0.6) is 11.5 Å². The van der Waals surface area contributed by atoms with Crippen LogP contribution < -0.4 is 14.8 Å². The molecular formula is C20H28N4O2. The fourth-order valence-electron chi connectivity index (χ4n) is 2.79. The third-order valence-corrected chi connectivity index (χ3v) is 4.29. The van der Waals surface area contributed by atoms with Gasteiger partial charge >= 0.3 is 0 Å². The average Bonchev–Trinajstić information content (AvgIpc) is 2.66. The predicted octanol–water partition coefficient (Wildman–Crippen LogP) is 2.66. The Bertz CT molecular complexity index is 746. The predicted molar refractivity (Wildman–Crippen MR) is 105 cm³/mol. The van der Waals surface area contributed by atoms with E-state index in [1.165, 1.54) is 11.1 Å². The van der Waals surface area contributed by atoms with Crippen LogP contribution in [0.3, 0.4) is 0 Å². The van der Waals surface area contributed by atoms with Crippen molar-refractivity contribution in [2.75, 3.05) is 34.9 Å². The summed E-state index contributed by atoms with van der Waals surface area (Å²) in [5.74, 6) is 2.43. The summed E-state index contributed by atoms with van der Waals surface area (Å²) in [5, 5.41) is 3.42. The first kappa shape index (κ1) is 19.6. The number of aliphatic imine (C=N–C) groups is 1. The van der Waals surface area contributed by atoms with E-state index in [-0.39, 0.29) is 0 Å². The summed E-state index contributed by atoms with van der Waals surface area (Å²) in [4.78, 5) is 10.6. The number of benzene rings is 1. The summed E-state index contributed by atoms with van der Waals surface area (Å²) in [7, 11) is 7.12. The van der Waals surface area contributed by atoms with Crippen LogP contribution in [0.4, 0.5) is 0 Å². The van der Waals surface area contributed by atoms with Gasteiger partial charge in [-0.15, -0.1) is 0 Å². The lowest BCUT2D eigenvalue weighted by molar-refractivity contribution is 0.382. The third kappa shape index (κ3) is 5.12. The van der Waals surface area contributed by atoms with Crippen molar-refractivity contribution in [3.05, 3.63) is 53.3 Å². The van der Waals surface area contributed by atoms with Gasteiger partial charge in [-0.3, -0.25) is 9.98 Å². The summed E-state index contributed by atoms with van der Waals surface area (Å²) in [5.41, 5.74) is 3.58. The Morgan fingerprint density at radius 2 is 2.00 bits per heavy atom. The number of hydrogen-bond acceptors (Lipinski definition) is 4. The van der Waals surface area contributed by atoms with E-state index in [1.807, 2.05) is 37.6 Å². The summed E-state index contributed by atoms with van der Waals surface area (Å²) >= 11 is 0. The second-order valence-corrected chi connectivity index (χ2v) is 6.06. The standard InChI is InChI=1S/C20H28N4O2/c1-15-13-22-10-8-16(15)9-11-23-20(21-2)24(3)14-17-6-7-18(25-4)12-19(17)26-5/h6-8,10,12-13H,9,11,14H2,1-5H3,(H,21,23). The highest BCUT2D eigenvalue weighted by Gasteiger charge is 2.11. The number of hydrogen-bond donors (Lipinski definition) is 1. The van der Waals surface area contributed by atoms with E-state index in [0.717, 1.165) is 36.0 Å². The summed E-state index contributed by atoms with van der Waals surface area (Å²) < 4.78 is 10.7. The Morgan fingerprint density at radius 1 is 1.19 bits per heavy atom. The molecule has 0 spiro atoms. The van der Waals surface area contributed by atoms with Gasteiger partial charge in [0, 0.05) is 51.2 Å². The number of ether oxygens (including phenoxy) is 2. The van der Waals surface area contributed by atoms with Gasteiger partial charge in [0.15, 0.2) is 5.96 Å². The van der Waals surface area contributed by atoms with Gasteiger partial charge in [0.2, 0.25) is 0 Å². The van der Waals surface area contributed by atoms with Crippen LogP contribution in [0.2, 0.25) is 0 Å². The highest BCUT2D eigenvalue weighted by Crippen LogP contribution is 2.25. The van der Waals surface area contributed by atoms with Crippen molar-refractivity contribution in [3.63, 3.8) is 0 Å². The molecule has 1 heterocycles. The number of aromatic nitrogens is 1. The van der Waals surface area contributed by atoms with Gasteiger partial charge in [-0.2, -0.15) is 0 Å². The molecule has 1 aromatic carbocycles. The third-order valence-electron chi connectivity index (χ3n) is 4.29. The first-order chi connectivity index (χ1) is 12.6. The molecule has 0 unspecified atom stereocenters. The molecule has 0 aliphatic rings. The molecule has 2 aromatic rings. The first-order valence-electron chi connectivity index (χ1n) is 8.61. The maximum absolute atomic E-state index is 5.48. The molecule has 0 bridgehead atoms. The lowest BCUT2D eigenvalue weighted by Crippen LogP contribution is -2.39. The molecule has 1 aromatic heterocycles. The number of rotatable bonds is 7. The zero-order valence-corrected chi connectivity index (χ0v) is 16.2. The van der Waals surface area contributed by atoms with Crippen LogP contribution >= 0.6 is 0 Å². The molecule has 2 rings (SSSR count). The molecule has 0 saturated heterocycles. The average molecular weight is 356 g/mol. The molecule has 26 heavy (non-hydrogen) atoms. The zero-order chi connectivity index (χ0) is 18.9. The normalized spacial score (nSPS) is 11.2. The van der Waals surface area contributed by atoms with E-state index >= 15 is 0 Å². The summed E-state index contributed by atoms with van der Waals surface area (Å²) in [6, 6.07) is 7.91. The lowest BCUT2D eigenvalue weighted by atomic mass is 10.1. The van der Waals surface area contributed by atoms with E-state index in [2.05, 4.69) is 33.2 Å². The number of methoxy groups -OCH3 is 2. The maximum atomic E-state index is 5.48. The molecule has 0 aliphatic carbocycles. The van der Waals surface area contributed by atoms with E-state index in [1.54, 1.807) is 21.3 Å². The van der Waals surface area contributed by atoms with Crippen LogP contribution in [0.15, 0.2) is 41.7 Å². The minimum absolute atomic E-state index is 0.682. The van der Waals surface area contributed by atoms with Crippen molar-refractivity contribution in [1.29, 1.82) is 0 Å². The maximum Gasteiger partial charge on any atom is 0.193 e. The topological polar surface area (TPSA) is 59.0 Å². The number of guanidine groups is 1. The van der Waals surface area contributed by atoms with Gasteiger partial charge in [-0.05, 0) is 42.7 Å². The lowest BCUT2D eigenvalue weighted by Gasteiger charge is -2.23. The summed E-state index contributed by atoms with van der Waals surface area (Å²) in [6.07, 6.45) is 4.65. The van der Waals surface area contributed by atoms with E-state index in [4.69, 9.17) is 9.47 Å². The van der Waals surface area contributed by atoms with Crippen molar-refractivity contribution in [2.24, 2.45) is 4.99 Å². The van der Waals surface area contributed by atoms with Gasteiger partial charge in [-0.25, -0.2) is 0 Å². The summed E-state index contributed by atoms with van der Waals surface area (Å²) in [6.45, 7) is 3.57. The molecule has 0 saturated carbocycles. The molecule has 0 amide bonds. The van der Waals surface area contributed by atoms with E-state index in [0.29, 0.717) is 6.54 Å². The molecule has 0 atom stereocenters. The Kier molecular flexibility index (Phi) is 7.26. The van der Waals surface area contributed by atoms with E-state index in [9.17, 15) is 0 Å². The molecular weight excluding hydrogens is 328 g/mol. The van der Waals surface area contributed by atoms with Crippen LogP contribution in [-0.4, -0.2) is 50.7 Å². The molecule has 0 fully saturated rings. The van der Waals surface area contributed by atoms with Crippen molar-refractivity contribution < 1.29 is 9.47 Å². The number of nitrogens with zero attached hydrogens (tertiary/aromatic N) is 3. The van der Waals surface area contributed by atoms with Crippen molar-refractivity contribution in [2.45, 2.75) is 19.9 Å². The van der Waals surface area contributed by atoms with Crippen molar-refractivity contribution >= 4 is 5.96 Å². The Labute approximate surface area is 155 Å². The van der Waals surface area contributed by atoms with Crippen molar-refractivity contribution in [1.82, 2.24) is 15.2 Å². The van der Waals surface area contributed by atoms with Crippen LogP contribution in [0.1, 0.15) is 16.7 Å². The quantitative estimate of drug-likeness (QED) is 0.610. The van der Waals surface area contributed by atoms with Gasteiger partial charge in [0.05, 0.1) is 14.2 Å². The SMILES string of the molecule is CN=C(NCCc1ccncc1C)N(C)Cc1ccc(OC)cc1OC. The molecule has 0 aliphatic heterocycles. The highest BCUT2D eigenvalue weighted by molar-refractivity contribution is 5.79. The number of aryl methyl sites for hydroxylation is 1.